The van der Waals surface area contributed by atoms with Crippen molar-refractivity contribution < 1.29 is 9.90 Å². The molecule has 0 saturated heterocycles. The number of amides is 1. The molecule has 0 saturated carbocycles. The Bertz CT molecular complexity index is 341. The topological polar surface area (TPSA) is 49.3 Å². The minimum absolute atomic E-state index is 0.0620. The molecule has 1 atom stereocenters. The molecule has 160 valence electrons. The highest BCUT2D eigenvalue weighted by Gasteiger charge is 2.03. The molecule has 1 unspecified atom stereocenters. The number of hydrogen-bond donors (Lipinski definition) is 2. The molecule has 0 rings (SSSR count). The van der Waals surface area contributed by atoms with Gasteiger partial charge in [0.2, 0.25) is 5.91 Å². The predicted octanol–water partition coefficient (Wildman–Crippen LogP) is 6.69. The quantitative estimate of drug-likeness (QED) is 0.182. The minimum atomic E-state index is 0.0620. The van der Waals surface area contributed by atoms with Crippen LogP contribution in [0.5, 0.6) is 0 Å². The standard InChI is InChI=1S/C24H47NO2/c1-3-4-20-23(2)25-24(27)21-18-16-14-12-10-8-6-5-7-9-11-13-15-17-19-22-26/h18,21,23,26H,3-17,19-20,22H2,1-2H3,(H,25,27). The lowest BCUT2D eigenvalue weighted by atomic mass is 10.0. The Morgan fingerprint density at radius 2 is 1.30 bits per heavy atom. The first kappa shape index (κ1) is 26.2. The van der Waals surface area contributed by atoms with Crippen molar-refractivity contribution in [1.82, 2.24) is 5.32 Å². The van der Waals surface area contributed by atoms with E-state index in [1.165, 1.54) is 89.9 Å². The summed E-state index contributed by atoms with van der Waals surface area (Å²) in [7, 11) is 0. The molecule has 2 N–H and O–H groups in total. The summed E-state index contributed by atoms with van der Waals surface area (Å²) in [6.07, 6.45) is 25.0. The molecule has 0 aliphatic heterocycles. The number of nitrogens with one attached hydrogen (secondary N) is 1. The normalized spacial score (nSPS) is 12.6. The van der Waals surface area contributed by atoms with Crippen LogP contribution in [0.15, 0.2) is 12.2 Å². The van der Waals surface area contributed by atoms with E-state index in [0.29, 0.717) is 6.61 Å². The van der Waals surface area contributed by atoms with Crippen LogP contribution in [0.2, 0.25) is 0 Å². The van der Waals surface area contributed by atoms with Crippen molar-refractivity contribution >= 4 is 5.91 Å². The number of hydrogen-bond acceptors (Lipinski definition) is 2. The van der Waals surface area contributed by atoms with Gasteiger partial charge in [-0.1, -0.05) is 96.5 Å². The largest absolute Gasteiger partial charge is 0.396 e. The van der Waals surface area contributed by atoms with Crippen molar-refractivity contribution in [2.75, 3.05) is 6.61 Å². The minimum Gasteiger partial charge on any atom is -0.396 e. The summed E-state index contributed by atoms with van der Waals surface area (Å²) in [4.78, 5) is 11.8. The van der Waals surface area contributed by atoms with E-state index in [1.807, 2.05) is 6.08 Å². The molecule has 0 spiro atoms. The lowest BCUT2D eigenvalue weighted by Gasteiger charge is -2.11. The Morgan fingerprint density at radius 1 is 0.815 bits per heavy atom. The molecule has 1 amide bonds. The van der Waals surface area contributed by atoms with Crippen LogP contribution in [0, 0.1) is 0 Å². The number of unbranched alkanes of at least 4 members (excludes halogenated alkanes) is 14. The van der Waals surface area contributed by atoms with Crippen LogP contribution >= 0.6 is 0 Å². The number of allylic oxidation sites excluding steroid dienone is 1. The van der Waals surface area contributed by atoms with Crippen LogP contribution in [-0.2, 0) is 4.79 Å². The molecule has 3 nitrogen and oxygen atoms in total. The highest BCUT2D eigenvalue weighted by molar-refractivity contribution is 5.87. The van der Waals surface area contributed by atoms with Crippen molar-refractivity contribution in [3.63, 3.8) is 0 Å². The van der Waals surface area contributed by atoms with Gasteiger partial charge >= 0.3 is 0 Å². The second-order valence-electron chi connectivity index (χ2n) is 8.06. The number of carbonyl (C=O) groups is 1. The molecular weight excluding hydrogens is 334 g/mol. The van der Waals surface area contributed by atoms with E-state index >= 15 is 0 Å². The first-order chi connectivity index (χ1) is 13.2. The van der Waals surface area contributed by atoms with Gasteiger partial charge in [-0.15, -0.1) is 0 Å². The van der Waals surface area contributed by atoms with Gasteiger partial charge in [-0.3, -0.25) is 4.79 Å². The molecule has 0 aromatic rings. The number of rotatable bonds is 20. The molecule has 0 aliphatic rings. The highest BCUT2D eigenvalue weighted by atomic mass is 16.2. The molecular formula is C24H47NO2. The molecule has 3 heteroatoms. The van der Waals surface area contributed by atoms with Gasteiger partial charge in [0.05, 0.1) is 0 Å². The summed E-state index contributed by atoms with van der Waals surface area (Å²) in [6, 6.07) is 0.286. The molecule has 0 bridgehead atoms. The Balaban J connectivity index is 3.27. The number of aliphatic hydroxyl groups is 1. The molecule has 0 aliphatic carbocycles. The summed E-state index contributed by atoms with van der Waals surface area (Å²) in [5, 5.41) is 11.8. The van der Waals surface area contributed by atoms with E-state index in [0.717, 1.165) is 19.3 Å². The first-order valence-corrected chi connectivity index (χ1v) is 11.8. The van der Waals surface area contributed by atoms with Crippen molar-refractivity contribution in [3.05, 3.63) is 12.2 Å². The fourth-order valence-electron chi connectivity index (χ4n) is 3.38. The van der Waals surface area contributed by atoms with Crippen LogP contribution in [0.4, 0.5) is 0 Å². The SMILES string of the molecule is CCCCC(C)NC(=O)C=CCCCCCCCCCCCCCCCO. The summed E-state index contributed by atoms with van der Waals surface area (Å²) >= 11 is 0. The zero-order valence-electron chi connectivity index (χ0n) is 18.3. The Kier molecular flexibility index (Phi) is 20.8. The number of aliphatic hydroxyl groups excluding tert-OH is 1. The van der Waals surface area contributed by atoms with E-state index in [4.69, 9.17) is 5.11 Å². The third-order valence-corrected chi connectivity index (χ3v) is 5.18. The molecule has 0 fully saturated rings. The average molecular weight is 382 g/mol. The molecule has 0 radical (unpaired) electrons. The summed E-state index contributed by atoms with van der Waals surface area (Å²) in [6.45, 7) is 4.61. The van der Waals surface area contributed by atoms with Gasteiger partial charge in [-0.05, 0) is 38.7 Å². The van der Waals surface area contributed by atoms with Gasteiger partial charge in [0.25, 0.3) is 0 Å². The molecule has 0 heterocycles. The van der Waals surface area contributed by atoms with E-state index < -0.39 is 0 Å². The maximum absolute atomic E-state index is 11.8. The van der Waals surface area contributed by atoms with Gasteiger partial charge in [0.1, 0.15) is 0 Å². The zero-order valence-corrected chi connectivity index (χ0v) is 18.3. The van der Waals surface area contributed by atoms with Crippen molar-refractivity contribution in [1.29, 1.82) is 0 Å². The van der Waals surface area contributed by atoms with Crippen molar-refractivity contribution in [3.8, 4) is 0 Å². The lowest BCUT2D eigenvalue weighted by Crippen LogP contribution is -2.30. The molecule has 27 heavy (non-hydrogen) atoms. The average Bonchev–Trinajstić information content (AvgIpc) is 2.66. The van der Waals surface area contributed by atoms with E-state index in [9.17, 15) is 4.79 Å². The lowest BCUT2D eigenvalue weighted by molar-refractivity contribution is -0.117. The van der Waals surface area contributed by atoms with Crippen molar-refractivity contribution in [2.45, 2.75) is 129 Å². The molecule has 0 aromatic carbocycles. The number of carbonyl (C=O) groups excluding carboxylic acids is 1. The predicted molar refractivity (Wildman–Crippen MR) is 118 cm³/mol. The second-order valence-corrected chi connectivity index (χ2v) is 8.06. The maximum Gasteiger partial charge on any atom is 0.243 e. The van der Waals surface area contributed by atoms with Crippen LogP contribution in [-0.4, -0.2) is 23.7 Å². The molecule has 0 aromatic heterocycles. The van der Waals surface area contributed by atoms with Crippen LogP contribution in [0.3, 0.4) is 0 Å². The van der Waals surface area contributed by atoms with E-state index in [2.05, 4.69) is 19.2 Å². The summed E-state index contributed by atoms with van der Waals surface area (Å²) in [5.74, 6) is 0.0620. The Hall–Kier alpha value is -0.830. The monoisotopic (exact) mass is 381 g/mol. The highest BCUT2D eigenvalue weighted by Crippen LogP contribution is 2.13. The van der Waals surface area contributed by atoms with Crippen LogP contribution in [0.25, 0.3) is 0 Å². The van der Waals surface area contributed by atoms with Gasteiger partial charge in [0.15, 0.2) is 0 Å². The Morgan fingerprint density at radius 3 is 1.78 bits per heavy atom. The van der Waals surface area contributed by atoms with Gasteiger partial charge in [-0.25, -0.2) is 0 Å². The summed E-state index contributed by atoms with van der Waals surface area (Å²) < 4.78 is 0. The fraction of sp³-hybridized carbons (Fsp3) is 0.875. The van der Waals surface area contributed by atoms with E-state index in [-0.39, 0.29) is 11.9 Å². The van der Waals surface area contributed by atoms with Gasteiger partial charge in [-0.2, -0.15) is 0 Å². The van der Waals surface area contributed by atoms with E-state index in [1.54, 1.807) is 6.08 Å². The first-order valence-electron chi connectivity index (χ1n) is 11.8. The second kappa shape index (κ2) is 21.5. The van der Waals surface area contributed by atoms with Gasteiger partial charge in [0, 0.05) is 12.6 Å². The smallest absolute Gasteiger partial charge is 0.243 e. The van der Waals surface area contributed by atoms with Crippen LogP contribution < -0.4 is 5.32 Å². The maximum atomic E-state index is 11.8. The third-order valence-electron chi connectivity index (χ3n) is 5.18. The Labute approximate surface area is 169 Å². The fourth-order valence-corrected chi connectivity index (χ4v) is 3.38. The van der Waals surface area contributed by atoms with Gasteiger partial charge < -0.3 is 10.4 Å². The van der Waals surface area contributed by atoms with Crippen molar-refractivity contribution in [2.24, 2.45) is 0 Å². The van der Waals surface area contributed by atoms with Crippen LogP contribution in [0.1, 0.15) is 123 Å². The summed E-state index contributed by atoms with van der Waals surface area (Å²) in [5.41, 5.74) is 0. The zero-order chi connectivity index (χ0) is 20.0. The third kappa shape index (κ3) is 21.3.